The van der Waals surface area contributed by atoms with Gasteiger partial charge in [0.25, 0.3) is 0 Å². The molecule has 0 saturated heterocycles. The lowest BCUT2D eigenvalue weighted by Crippen LogP contribution is -2.34. The Morgan fingerprint density at radius 1 is 1.00 bits per heavy atom. The second-order valence-electron chi connectivity index (χ2n) is 7.18. The van der Waals surface area contributed by atoms with E-state index in [4.69, 9.17) is 0 Å². The number of rotatable bonds is 3. The van der Waals surface area contributed by atoms with Crippen LogP contribution in [0.1, 0.15) is 50.5 Å². The average Bonchev–Trinajstić information content (AvgIpc) is 3.14. The molecule has 1 N–H and O–H groups in total. The Labute approximate surface area is 137 Å². The molecular formula is C19H24N2O2. The predicted molar refractivity (Wildman–Crippen MR) is 90.4 cm³/mol. The van der Waals surface area contributed by atoms with Crippen molar-refractivity contribution in [2.24, 2.45) is 11.8 Å². The SMILES string of the molecule is O=C(Nc1ccc2c(c1)N(C(=O)C1CCCC1)CC2)C1CCC1. The molecule has 3 aliphatic rings. The van der Waals surface area contributed by atoms with Gasteiger partial charge in [-0.3, -0.25) is 9.59 Å². The number of nitrogens with zero attached hydrogens (tertiary/aromatic N) is 1. The van der Waals surface area contributed by atoms with E-state index in [2.05, 4.69) is 11.4 Å². The van der Waals surface area contributed by atoms with Gasteiger partial charge < -0.3 is 10.2 Å². The summed E-state index contributed by atoms with van der Waals surface area (Å²) in [4.78, 5) is 26.8. The Kier molecular flexibility index (Phi) is 3.83. The summed E-state index contributed by atoms with van der Waals surface area (Å²) in [5.74, 6) is 0.792. The van der Waals surface area contributed by atoms with Gasteiger partial charge in [-0.15, -0.1) is 0 Å². The van der Waals surface area contributed by atoms with Crippen molar-refractivity contribution < 1.29 is 9.59 Å². The molecule has 2 fully saturated rings. The molecule has 4 rings (SSSR count). The summed E-state index contributed by atoms with van der Waals surface area (Å²) < 4.78 is 0. The van der Waals surface area contributed by atoms with E-state index in [-0.39, 0.29) is 23.7 Å². The van der Waals surface area contributed by atoms with Crippen molar-refractivity contribution in [2.45, 2.75) is 51.4 Å². The topological polar surface area (TPSA) is 49.4 Å². The summed E-state index contributed by atoms with van der Waals surface area (Å²) in [5.41, 5.74) is 3.05. The van der Waals surface area contributed by atoms with Crippen LogP contribution in [0.3, 0.4) is 0 Å². The maximum absolute atomic E-state index is 12.7. The van der Waals surface area contributed by atoms with Gasteiger partial charge in [-0.2, -0.15) is 0 Å². The van der Waals surface area contributed by atoms with Crippen LogP contribution in [0.15, 0.2) is 18.2 Å². The van der Waals surface area contributed by atoms with E-state index in [0.29, 0.717) is 0 Å². The minimum atomic E-state index is 0.128. The highest BCUT2D eigenvalue weighted by atomic mass is 16.2. The molecule has 1 heterocycles. The van der Waals surface area contributed by atoms with Gasteiger partial charge in [-0.1, -0.05) is 25.3 Å². The van der Waals surface area contributed by atoms with Crippen molar-refractivity contribution in [1.82, 2.24) is 0 Å². The number of fused-ring (bicyclic) bond motifs is 1. The van der Waals surface area contributed by atoms with E-state index in [9.17, 15) is 9.59 Å². The van der Waals surface area contributed by atoms with Crippen LogP contribution in [0, 0.1) is 11.8 Å². The van der Waals surface area contributed by atoms with Crippen molar-refractivity contribution in [1.29, 1.82) is 0 Å². The number of benzene rings is 1. The number of nitrogens with one attached hydrogen (secondary N) is 1. The second-order valence-corrected chi connectivity index (χ2v) is 7.18. The third-order valence-corrected chi connectivity index (χ3v) is 5.69. The third-order valence-electron chi connectivity index (χ3n) is 5.69. The fraction of sp³-hybridized carbons (Fsp3) is 0.579. The monoisotopic (exact) mass is 312 g/mol. The van der Waals surface area contributed by atoms with E-state index in [0.717, 1.165) is 56.4 Å². The van der Waals surface area contributed by atoms with E-state index in [1.165, 1.54) is 18.4 Å². The molecule has 2 amide bonds. The first-order valence-corrected chi connectivity index (χ1v) is 8.97. The molecule has 0 spiro atoms. The lowest BCUT2D eigenvalue weighted by Gasteiger charge is -2.25. The van der Waals surface area contributed by atoms with E-state index in [1.54, 1.807) is 0 Å². The minimum absolute atomic E-state index is 0.128. The Morgan fingerprint density at radius 3 is 2.43 bits per heavy atom. The molecule has 122 valence electrons. The predicted octanol–water partition coefficient (Wildman–Crippen LogP) is 3.50. The van der Waals surface area contributed by atoms with Crippen molar-refractivity contribution in [3.05, 3.63) is 23.8 Å². The van der Waals surface area contributed by atoms with Crippen LogP contribution in [0.4, 0.5) is 11.4 Å². The molecule has 0 unspecified atom stereocenters. The maximum atomic E-state index is 12.7. The molecule has 23 heavy (non-hydrogen) atoms. The molecule has 1 aromatic rings. The lowest BCUT2D eigenvalue weighted by molar-refractivity contribution is -0.122. The third kappa shape index (κ3) is 2.75. The number of hydrogen-bond donors (Lipinski definition) is 1. The molecule has 1 aliphatic heterocycles. The molecule has 0 bridgehead atoms. The molecule has 2 saturated carbocycles. The van der Waals surface area contributed by atoms with Gasteiger partial charge in [0.15, 0.2) is 0 Å². The Hall–Kier alpha value is -1.84. The van der Waals surface area contributed by atoms with Crippen LogP contribution in [-0.4, -0.2) is 18.4 Å². The highest BCUT2D eigenvalue weighted by Crippen LogP contribution is 2.35. The van der Waals surface area contributed by atoms with E-state index >= 15 is 0 Å². The summed E-state index contributed by atoms with van der Waals surface area (Å²) in [6, 6.07) is 6.03. The van der Waals surface area contributed by atoms with Gasteiger partial charge in [0.1, 0.15) is 0 Å². The van der Waals surface area contributed by atoms with E-state index in [1.807, 2.05) is 17.0 Å². The van der Waals surface area contributed by atoms with Gasteiger partial charge in [0, 0.05) is 29.8 Å². The molecule has 4 heteroatoms. The smallest absolute Gasteiger partial charge is 0.230 e. The number of anilines is 2. The second kappa shape index (κ2) is 5.99. The molecule has 0 atom stereocenters. The molecule has 0 aromatic heterocycles. The van der Waals surface area contributed by atoms with Gasteiger partial charge in [0.2, 0.25) is 11.8 Å². The van der Waals surface area contributed by atoms with Gasteiger partial charge in [-0.25, -0.2) is 0 Å². The molecular weight excluding hydrogens is 288 g/mol. The molecule has 0 radical (unpaired) electrons. The van der Waals surface area contributed by atoms with Crippen LogP contribution in [0.2, 0.25) is 0 Å². The largest absolute Gasteiger partial charge is 0.326 e. The normalized spacial score (nSPS) is 21.1. The van der Waals surface area contributed by atoms with Crippen LogP contribution < -0.4 is 10.2 Å². The zero-order valence-corrected chi connectivity index (χ0v) is 13.5. The van der Waals surface area contributed by atoms with Crippen molar-refractivity contribution >= 4 is 23.2 Å². The quantitative estimate of drug-likeness (QED) is 0.928. The minimum Gasteiger partial charge on any atom is -0.326 e. The fourth-order valence-electron chi connectivity index (χ4n) is 3.99. The summed E-state index contributed by atoms with van der Waals surface area (Å²) in [6.07, 6.45) is 8.50. The van der Waals surface area contributed by atoms with Crippen molar-refractivity contribution in [3.63, 3.8) is 0 Å². The summed E-state index contributed by atoms with van der Waals surface area (Å²) in [6.45, 7) is 0.782. The first-order chi connectivity index (χ1) is 11.2. The Balaban J connectivity index is 1.51. The number of hydrogen-bond acceptors (Lipinski definition) is 2. The number of amides is 2. The molecule has 2 aliphatic carbocycles. The van der Waals surface area contributed by atoms with E-state index < -0.39 is 0 Å². The van der Waals surface area contributed by atoms with Crippen LogP contribution >= 0.6 is 0 Å². The first kappa shape index (κ1) is 14.7. The number of carbonyl (C=O) groups excluding carboxylic acids is 2. The van der Waals surface area contributed by atoms with Gasteiger partial charge in [-0.05, 0) is 49.8 Å². The van der Waals surface area contributed by atoms with Crippen molar-refractivity contribution in [3.8, 4) is 0 Å². The van der Waals surface area contributed by atoms with Crippen LogP contribution in [0.5, 0.6) is 0 Å². The summed E-state index contributed by atoms with van der Waals surface area (Å²) in [7, 11) is 0. The first-order valence-electron chi connectivity index (χ1n) is 8.97. The summed E-state index contributed by atoms with van der Waals surface area (Å²) >= 11 is 0. The van der Waals surface area contributed by atoms with Gasteiger partial charge in [0.05, 0.1) is 0 Å². The molecule has 4 nitrogen and oxygen atoms in total. The zero-order chi connectivity index (χ0) is 15.8. The zero-order valence-electron chi connectivity index (χ0n) is 13.5. The average molecular weight is 312 g/mol. The Bertz CT molecular complexity index is 630. The lowest BCUT2D eigenvalue weighted by atomic mass is 9.85. The van der Waals surface area contributed by atoms with Crippen LogP contribution in [-0.2, 0) is 16.0 Å². The summed E-state index contributed by atoms with van der Waals surface area (Å²) in [5, 5.41) is 3.03. The number of carbonyl (C=O) groups is 2. The van der Waals surface area contributed by atoms with Gasteiger partial charge >= 0.3 is 0 Å². The highest BCUT2D eigenvalue weighted by molar-refractivity contribution is 5.99. The van der Waals surface area contributed by atoms with Crippen LogP contribution in [0.25, 0.3) is 0 Å². The van der Waals surface area contributed by atoms with Crippen molar-refractivity contribution in [2.75, 3.05) is 16.8 Å². The molecule has 1 aromatic carbocycles. The fourth-order valence-corrected chi connectivity index (χ4v) is 3.99. The maximum Gasteiger partial charge on any atom is 0.230 e. The highest BCUT2D eigenvalue weighted by Gasteiger charge is 2.32. The standard InChI is InChI=1S/C19H24N2O2/c22-18(14-6-3-7-14)20-16-9-8-13-10-11-21(17(13)12-16)19(23)15-4-1-2-5-15/h8-9,12,14-15H,1-7,10-11H2,(H,20,22). The Morgan fingerprint density at radius 2 is 1.74 bits per heavy atom.